The quantitative estimate of drug-likeness (QED) is 0.234. The van der Waals surface area contributed by atoms with Crippen molar-refractivity contribution in [2.24, 2.45) is 4.99 Å². The predicted octanol–water partition coefficient (Wildman–Crippen LogP) is 1.91. The Balaban J connectivity index is 0.00000625. The van der Waals surface area contributed by atoms with Crippen LogP contribution in [0.25, 0.3) is 0 Å². The summed E-state index contributed by atoms with van der Waals surface area (Å²) in [5, 5.41) is 6.97. The number of sulfone groups is 1. The number of aryl methyl sites for hydroxylation is 1. The number of rotatable bonds is 8. The molecule has 11 heteroatoms. The van der Waals surface area contributed by atoms with Crippen LogP contribution in [0, 0.1) is 6.92 Å². The van der Waals surface area contributed by atoms with Gasteiger partial charge in [-0.3, -0.25) is 4.99 Å². The maximum atomic E-state index is 11.9. The zero-order valence-electron chi connectivity index (χ0n) is 15.7. The summed E-state index contributed by atoms with van der Waals surface area (Å²) in [7, 11) is -3.06. The number of ether oxygens (including phenoxy) is 1. The second kappa shape index (κ2) is 11.7. The molecule has 0 fully saturated rings. The van der Waals surface area contributed by atoms with Gasteiger partial charge < -0.3 is 15.4 Å². The molecule has 26 heavy (non-hydrogen) atoms. The minimum atomic E-state index is -3.06. The Labute approximate surface area is 176 Å². The molecule has 2 N–H and O–H groups in total. The van der Waals surface area contributed by atoms with E-state index >= 15 is 0 Å². The molecule has 0 saturated carbocycles. The Morgan fingerprint density at radius 1 is 1.38 bits per heavy atom. The molecule has 0 aliphatic heterocycles. The zero-order chi connectivity index (χ0) is 19.0. The van der Waals surface area contributed by atoms with Crippen molar-refractivity contribution in [3.05, 3.63) is 15.6 Å². The summed E-state index contributed by atoms with van der Waals surface area (Å²) in [6.45, 7) is 8.48. The van der Waals surface area contributed by atoms with Crippen molar-refractivity contribution >= 4 is 57.1 Å². The summed E-state index contributed by atoms with van der Waals surface area (Å²) in [6.07, 6.45) is 1.18. The van der Waals surface area contributed by atoms with Crippen LogP contribution in [0.15, 0.2) is 4.99 Å². The molecule has 1 atom stereocenters. The minimum absolute atomic E-state index is 0. The summed E-state index contributed by atoms with van der Waals surface area (Å²) >= 11 is 1.28. The van der Waals surface area contributed by atoms with Gasteiger partial charge in [0.25, 0.3) is 0 Å². The van der Waals surface area contributed by atoms with E-state index in [1.54, 1.807) is 13.8 Å². The first kappa shape index (κ1) is 25.1. The van der Waals surface area contributed by atoms with Crippen LogP contribution < -0.4 is 10.6 Å². The first-order chi connectivity index (χ1) is 11.7. The maximum Gasteiger partial charge on any atom is 0.350 e. The Kier molecular flexibility index (Phi) is 11.3. The van der Waals surface area contributed by atoms with Gasteiger partial charge in [0.2, 0.25) is 0 Å². The van der Waals surface area contributed by atoms with Gasteiger partial charge in [-0.15, -0.1) is 35.3 Å². The number of halogens is 1. The number of hydrogen-bond acceptors (Lipinski definition) is 7. The SMILES string of the molecule is CCNC(=NCCS(C)(=O)=O)NC(C)c1nc(C)c(C(=O)OCC)s1.I. The Bertz CT molecular complexity index is 719. The first-order valence-corrected chi connectivity index (χ1v) is 10.9. The minimum Gasteiger partial charge on any atom is -0.462 e. The summed E-state index contributed by atoms with van der Waals surface area (Å²) < 4.78 is 27.4. The van der Waals surface area contributed by atoms with Crippen LogP contribution in [0.1, 0.15) is 47.2 Å². The third-order valence-electron chi connectivity index (χ3n) is 3.07. The molecule has 1 aromatic heterocycles. The highest BCUT2D eigenvalue weighted by Crippen LogP contribution is 2.24. The third-order valence-corrected chi connectivity index (χ3v) is 5.32. The average molecular weight is 518 g/mol. The number of guanidine groups is 1. The van der Waals surface area contributed by atoms with Gasteiger partial charge in [-0.25, -0.2) is 18.2 Å². The molecule has 1 heterocycles. The van der Waals surface area contributed by atoms with Gasteiger partial charge in [-0.05, 0) is 27.7 Å². The number of nitrogens with zero attached hydrogens (tertiary/aromatic N) is 2. The van der Waals surface area contributed by atoms with Gasteiger partial charge >= 0.3 is 5.97 Å². The van der Waals surface area contributed by atoms with Crippen LogP contribution >= 0.6 is 35.3 Å². The molecule has 8 nitrogen and oxygen atoms in total. The van der Waals surface area contributed by atoms with Crippen LogP contribution in [0.2, 0.25) is 0 Å². The van der Waals surface area contributed by atoms with Gasteiger partial charge in [-0.1, -0.05) is 0 Å². The fraction of sp³-hybridized carbons (Fsp3) is 0.667. The number of aliphatic imine (C=N–C) groups is 1. The standard InChI is InChI=1S/C15H26N4O4S2.HI/c1-6-16-15(17-8-9-25(5,21)22)19-11(4)13-18-10(3)12(24-13)14(20)23-7-2;/h11H,6-9H2,1-5H3,(H2,16,17,19);1H. The van der Waals surface area contributed by atoms with Crippen LogP contribution in [-0.2, 0) is 14.6 Å². The molecule has 0 bridgehead atoms. The molecule has 0 spiro atoms. The van der Waals surface area contributed by atoms with Gasteiger partial charge in [0.1, 0.15) is 19.7 Å². The fourth-order valence-electron chi connectivity index (χ4n) is 1.90. The lowest BCUT2D eigenvalue weighted by atomic mass is 10.3. The van der Waals surface area contributed by atoms with E-state index in [9.17, 15) is 13.2 Å². The van der Waals surface area contributed by atoms with Crippen molar-refractivity contribution < 1.29 is 17.9 Å². The number of carbonyl (C=O) groups excluding carboxylic acids is 1. The van der Waals surface area contributed by atoms with Crippen molar-refractivity contribution in [3.8, 4) is 0 Å². The molecule has 150 valence electrons. The van der Waals surface area contributed by atoms with Crippen LogP contribution in [0.4, 0.5) is 0 Å². The summed E-state index contributed by atoms with van der Waals surface area (Å²) in [5.41, 5.74) is 0.631. The van der Waals surface area contributed by atoms with E-state index in [4.69, 9.17) is 4.74 Å². The molecule has 0 aliphatic rings. The molecule has 1 unspecified atom stereocenters. The van der Waals surface area contributed by atoms with Gasteiger partial charge in [0.05, 0.1) is 30.6 Å². The summed E-state index contributed by atoms with van der Waals surface area (Å²) in [6, 6.07) is -0.192. The van der Waals surface area contributed by atoms with Crippen molar-refractivity contribution in [1.29, 1.82) is 0 Å². The molecule has 0 aliphatic carbocycles. The van der Waals surface area contributed by atoms with E-state index < -0.39 is 9.84 Å². The van der Waals surface area contributed by atoms with Crippen LogP contribution in [0.5, 0.6) is 0 Å². The lowest BCUT2D eigenvalue weighted by Crippen LogP contribution is -2.39. The molecular weight excluding hydrogens is 491 g/mol. The van der Waals surface area contributed by atoms with E-state index in [0.29, 0.717) is 29.7 Å². The van der Waals surface area contributed by atoms with Gasteiger partial charge in [-0.2, -0.15) is 0 Å². The highest BCUT2D eigenvalue weighted by atomic mass is 127. The van der Waals surface area contributed by atoms with E-state index in [1.807, 2.05) is 13.8 Å². The zero-order valence-corrected chi connectivity index (χ0v) is 19.6. The maximum absolute atomic E-state index is 11.9. The Hall–Kier alpha value is -0.950. The van der Waals surface area contributed by atoms with Crippen molar-refractivity contribution in [3.63, 3.8) is 0 Å². The topological polar surface area (TPSA) is 110 Å². The smallest absolute Gasteiger partial charge is 0.350 e. The Morgan fingerprint density at radius 2 is 2.04 bits per heavy atom. The molecule has 1 rings (SSSR count). The highest BCUT2D eigenvalue weighted by Gasteiger charge is 2.20. The number of aromatic nitrogens is 1. The van der Waals surface area contributed by atoms with Crippen LogP contribution in [0.3, 0.4) is 0 Å². The first-order valence-electron chi connectivity index (χ1n) is 8.04. The second-order valence-corrected chi connectivity index (χ2v) is 8.73. The largest absolute Gasteiger partial charge is 0.462 e. The molecule has 0 amide bonds. The number of carbonyl (C=O) groups is 1. The van der Waals surface area contributed by atoms with E-state index in [2.05, 4.69) is 20.6 Å². The van der Waals surface area contributed by atoms with Crippen LogP contribution in [-0.4, -0.2) is 57.0 Å². The second-order valence-electron chi connectivity index (χ2n) is 5.44. The van der Waals surface area contributed by atoms with Crippen molar-refractivity contribution in [1.82, 2.24) is 15.6 Å². The van der Waals surface area contributed by atoms with Gasteiger partial charge in [0, 0.05) is 12.8 Å². The third kappa shape index (κ3) is 8.62. The molecule has 0 saturated heterocycles. The molecular formula is C15H27IN4O4S2. The lowest BCUT2D eigenvalue weighted by Gasteiger charge is -2.15. The van der Waals surface area contributed by atoms with E-state index in [-0.39, 0.29) is 48.3 Å². The lowest BCUT2D eigenvalue weighted by molar-refractivity contribution is 0.0531. The highest BCUT2D eigenvalue weighted by molar-refractivity contribution is 14.0. The van der Waals surface area contributed by atoms with Gasteiger partial charge in [0.15, 0.2) is 5.96 Å². The predicted molar refractivity (Wildman–Crippen MR) is 115 cm³/mol. The number of thiazole rings is 1. The van der Waals surface area contributed by atoms with Crippen molar-refractivity contribution in [2.75, 3.05) is 31.7 Å². The number of nitrogens with one attached hydrogen (secondary N) is 2. The van der Waals surface area contributed by atoms with Crippen molar-refractivity contribution in [2.45, 2.75) is 33.7 Å². The normalized spacial score (nSPS) is 12.9. The summed E-state index contributed by atoms with van der Waals surface area (Å²) in [5.74, 6) is 0.121. The monoisotopic (exact) mass is 518 g/mol. The van der Waals surface area contributed by atoms with E-state index in [1.165, 1.54) is 17.6 Å². The number of hydrogen-bond donors (Lipinski definition) is 2. The van der Waals surface area contributed by atoms with E-state index in [0.717, 1.165) is 5.01 Å². The fourth-order valence-corrected chi connectivity index (χ4v) is 3.28. The summed E-state index contributed by atoms with van der Waals surface area (Å²) in [4.78, 5) is 21.1. The average Bonchev–Trinajstić information content (AvgIpc) is 2.88. The molecule has 0 radical (unpaired) electrons. The molecule has 1 aromatic rings. The number of esters is 1. The molecule has 0 aromatic carbocycles. The Morgan fingerprint density at radius 3 is 2.58 bits per heavy atom.